The summed E-state index contributed by atoms with van der Waals surface area (Å²) in [5.74, 6) is 0.152. The second-order valence-corrected chi connectivity index (χ2v) is 6.47. The Hall–Kier alpha value is -4.20. The fourth-order valence-electron chi connectivity index (χ4n) is 3.38. The van der Waals surface area contributed by atoms with E-state index < -0.39 is 4.92 Å². The van der Waals surface area contributed by atoms with Crippen molar-refractivity contribution in [1.29, 1.82) is 0 Å². The van der Waals surface area contributed by atoms with Gasteiger partial charge in [0.05, 0.1) is 4.92 Å². The minimum Gasteiger partial charge on any atom is -0.258 e. The summed E-state index contributed by atoms with van der Waals surface area (Å²) >= 11 is 0. The topological polar surface area (TPSA) is 86.2 Å². The number of rotatable bonds is 3. The van der Waals surface area contributed by atoms with Crippen molar-refractivity contribution in [1.82, 2.24) is 19.6 Å². The molecule has 0 unspecified atom stereocenters. The van der Waals surface area contributed by atoms with Crippen LogP contribution in [-0.4, -0.2) is 24.5 Å². The standard InChI is InChI=1S/C21H12FN5O2/c22-16-5-1-3-14(11-16)18-12-15-4-2-10-23-19(15)26-20(24-25-21(18)26)13-6-8-17(9-7-13)27(28)29/h1-12H. The molecule has 0 amide bonds. The largest absolute Gasteiger partial charge is 0.269 e. The first-order valence-electron chi connectivity index (χ1n) is 8.75. The second-order valence-electron chi connectivity index (χ2n) is 6.47. The molecule has 29 heavy (non-hydrogen) atoms. The monoisotopic (exact) mass is 385 g/mol. The van der Waals surface area contributed by atoms with Crippen molar-refractivity contribution in [2.24, 2.45) is 0 Å². The van der Waals surface area contributed by atoms with Crippen LogP contribution >= 0.6 is 0 Å². The first kappa shape index (κ1) is 16.9. The predicted molar refractivity (Wildman–Crippen MR) is 106 cm³/mol. The molecule has 0 radical (unpaired) electrons. The van der Waals surface area contributed by atoms with Gasteiger partial charge in [0, 0.05) is 34.8 Å². The molecule has 5 aromatic rings. The van der Waals surface area contributed by atoms with Crippen LogP contribution in [0.5, 0.6) is 0 Å². The molecule has 7 nitrogen and oxygen atoms in total. The molecule has 2 aromatic carbocycles. The third-order valence-electron chi connectivity index (χ3n) is 4.70. The Morgan fingerprint density at radius 1 is 0.897 bits per heavy atom. The number of hydrogen-bond donors (Lipinski definition) is 0. The molecule has 0 bridgehead atoms. The Morgan fingerprint density at radius 2 is 1.72 bits per heavy atom. The molecule has 3 aromatic heterocycles. The molecule has 8 heteroatoms. The zero-order chi connectivity index (χ0) is 20.0. The number of non-ortho nitro benzene ring substituents is 1. The van der Waals surface area contributed by atoms with Gasteiger partial charge < -0.3 is 0 Å². The van der Waals surface area contributed by atoms with Crippen LogP contribution in [0, 0.1) is 15.9 Å². The van der Waals surface area contributed by atoms with Crippen LogP contribution in [0.15, 0.2) is 72.9 Å². The molecule has 0 saturated carbocycles. The maximum atomic E-state index is 13.8. The van der Waals surface area contributed by atoms with Crippen molar-refractivity contribution >= 4 is 22.4 Å². The van der Waals surface area contributed by atoms with Gasteiger partial charge in [0.25, 0.3) is 5.69 Å². The summed E-state index contributed by atoms with van der Waals surface area (Å²) < 4.78 is 15.6. The van der Waals surface area contributed by atoms with Crippen LogP contribution in [0.4, 0.5) is 10.1 Å². The molecule has 140 valence electrons. The first-order valence-corrected chi connectivity index (χ1v) is 8.75. The highest BCUT2D eigenvalue weighted by Crippen LogP contribution is 2.31. The Morgan fingerprint density at radius 3 is 2.48 bits per heavy atom. The summed E-state index contributed by atoms with van der Waals surface area (Å²) in [5, 5.41) is 20.4. The number of fused-ring (bicyclic) bond motifs is 3. The molecule has 5 rings (SSSR count). The second kappa shape index (κ2) is 6.45. The van der Waals surface area contributed by atoms with Crippen LogP contribution < -0.4 is 0 Å². The van der Waals surface area contributed by atoms with Gasteiger partial charge in [-0.1, -0.05) is 12.1 Å². The molecule has 0 spiro atoms. The quantitative estimate of drug-likeness (QED) is 0.333. The lowest BCUT2D eigenvalue weighted by molar-refractivity contribution is -0.384. The fourth-order valence-corrected chi connectivity index (χ4v) is 3.38. The minimum absolute atomic E-state index is 0.00833. The normalized spacial score (nSPS) is 11.2. The lowest BCUT2D eigenvalue weighted by Crippen LogP contribution is -1.97. The summed E-state index contributed by atoms with van der Waals surface area (Å²) in [6.45, 7) is 0. The number of nitrogens with zero attached hydrogens (tertiary/aromatic N) is 5. The van der Waals surface area contributed by atoms with Crippen LogP contribution in [-0.2, 0) is 0 Å². The van der Waals surface area contributed by atoms with Crippen LogP contribution in [0.1, 0.15) is 0 Å². The van der Waals surface area contributed by atoms with Gasteiger partial charge in [0.15, 0.2) is 11.5 Å². The minimum atomic E-state index is -0.454. The number of aromatic nitrogens is 4. The molecule has 0 aliphatic heterocycles. The van der Waals surface area contributed by atoms with Crippen molar-refractivity contribution in [3.8, 4) is 22.5 Å². The zero-order valence-electron chi connectivity index (χ0n) is 14.9. The van der Waals surface area contributed by atoms with Gasteiger partial charge >= 0.3 is 0 Å². The molecule has 0 saturated heterocycles. The van der Waals surface area contributed by atoms with E-state index in [-0.39, 0.29) is 11.5 Å². The Balaban J connectivity index is 1.82. The van der Waals surface area contributed by atoms with E-state index in [9.17, 15) is 14.5 Å². The fraction of sp³-hybridized carbons (Fsp3) is 0. The third-order valence-corrected chi connectivity index (χ3v) is 4.70. The van der Waals surface area contributed by atoms with E-state index in [0.717, 1.165) is 5.39 Å². The maximum Gasteiger partial charge on any atom is 0.269 e. The van der Waals surface area contributed by atoms with E-state index in [1.807, 2.05) is 18.2 Å². The third kappa shape index (κ3) is 2.78. The van der Waals surface area contributed by atoms with Crippen molar-refractivity contribution in [3.05, 3.63) is 88.9 Å². The number of pyridine rings is 2. The average Bonchev–Trinajstić information content (AvgIpc) is 3.19. The molecular weight excluding hydrogens is 373 g/mol. The molecular formula is C21H12FN5O2. The van der Waals surface area contributed by atoms with Gasteiger partial charge in [-0.3, -0.25) is 14.5 Å². The number of nitro groups is 1. The molecule has 0 aliphatic rings. The lowest BCUT2D eigenvalue weighted by atomic mass is 10.1. The summed E-state index contributed by atoms with van der Waals surface area (Å²) in [5.41, 5.74) is 3.20. The van der Waals surface area contributed by atoms with Gasteiger partial charge in [-0.15, -0.1) is 10.2 Å². The van der Waals surface area contributed by atoms with Gasteiger partial charge in [-0.2, -0.15) is 0 Å². The van der Waals surface area contributed by atoms with E-state index in [2.05, 4.69) is 15.2 Å². The Kier molecular flexibility index (Phi) is 3.77. The number of nitro benzene ring substituents is 1. The zero-order valence-corrected chi connectivity index (χ0v) is 14.9. The molecule has 0 aliphatic carbocycles. The van der Waals surface area contributed by atoms with Gasteiger partial charge in [-0.05, 0) is 48.0 Å². The van der Waals surface area contributed by atoms with Crippen molar-refractivity contribution in [2.45, 2.75) is 0 Å². The maximum absolute atomic E-state index is 13.8. The SMILES string of the molecule is O=[N+]([O-])c1ccc(-c2nnc3c(-c4cccc(F)c4)cc4cccnc4n23)cc1. The highest BCUT2D eigenvalue weighted by molar-refractivity contribution is 5.91. The van der Waals surface area contributed by atoms with Gasteiger partial charge in [-0.25, -0.2) is 9.37 Å². The highest BCUT2D eigenvalue weighted by Gasteiger charge is 2.17. The summed E-state index contributed by atoms with van der Waals surface area (Å²) in [6, 6.07) is 18.0. The van der Waals surface area contributed by atoms with Gasteiger partial charge in [0.1, 0.15) is 11.5 Å². The van der Waals surface area contributed by atoms with E-state index in [1.54, 1.807) is 34.9 Å². The number of benzene rings is 2. The Bertz CT molecular complexity index is 1400. The van der Waals surface area contributed by atoms with Crippen molar-refractivity contribution in [2.75, 3.05) is 0 Å². The summed E-state index contributed by atoms with van der Waals surface area (Å²) in [4.78, 5) is 15.0. The van der Waals surface area contributed by atoms with Crippen molar-refractivity contribution < 1.29 is 9.31 Å². The number of hydrogen-bond acceptors (Lipinski definition) is 5. The molecule has 0 atom stereocenters. The summed E-state index contributed by atoms with van der Waals surface area (Å²) in [6.07, 6.45) is 1.67. The van der Waals surface area contributed by atoms with Crippen LogP contribution in [0.2, 0.25) is 0 Å². The van der Waals surface area contributed by atoms with E-state index in [0.29, 0.717) is 33.8 Å². The van der Waals surface area contributed by atoms with E-state index in [1.165, 1.54) is 24.3 Å². The molecule has 3 heterocycles. The number of halogens is 1. The molecule has 0 fully saturated rings. The smallest absolute Gasteiger partial charge is 0.258 e. The van der Waals surface area contributed by atoms with Crippen LogP contribution in [0.25, 0.3) is 39.2 Å². The van der Waals surface area contributed by atoms with E-state index >= 15 is 0 Å². The predicted octanol–water partition coefficient (Wildman–Crippen LogP) is 4.66. The summed E-state index contributed by atoms with van der Waals surface area (Å²) in [7, 11) is 0. The lowest BCUT2D eigenvalue weighted by Gasteiger charge is -2.09. The highest BCUT2D eigenvalue weighted by atomic mass is 19.1. The molecule has 0 N–H and O–H groups in total. The first-order chi connectivity index (χ1) is 14.1. The Labute approximate surface area is 163 Å². The van der Waals surface area contributed by atoms with E-state index in [4.69, 9.17) is 0 Å². The average molecular weight is 385 g/mol. The van der Waals surface area contributed by atoms with Crippen LogP contribution in [0.3, 0.4) is 0 Å². The van der Waals surface area contributed by atoms with Crippen molar-refractivity contribution in [3.63, 3.8) is 0 Å². The van der Waals surface area contributed by atoms with Gasteiger partial charge in [0.2, 0.25) is 0 Å².